The number of hydrogen-bond donors (Lipinski definition) is 0. The maximum Gasteiger partial charge on any atom is 0.339 e. The first-order valence-electron chi connectivity index (χ1n) is 5.72. The molecule has 1 aromatic heterocycles. The van der Waals surface area contributed by atoms with Crippen molar-refractivity contribution in [1.82, 2.24) is 10.0 Å². The van der Waals surface area contributed by atoms with Crippen LogP contribution < -0.4 is 0 Å². The van der Waals surface area contributed by atoms with Crippen molar-refractivity contribution < 1.29 is 19.2 Å². The summed E-state index contributed by atoms with van der Waals surface area (Å²) in [6.45, 7) is 0. The maximum absolute atomic E-state index is 12.0. The second-order valence-electron chi connectivity index (χ2n) is 4.07. The Kier molecular flexibility index (Phi) is 3.03. The lowest BCUT2D eigenvalue weighted by Gasteiger charge is -2.11. The molecule has 6 nitrogen and oxygen atoms in total. The van der Waals surface area contributed by atoms with Crippen molar-refractivity contribution in [3.63, 3.8) is 0 Å². The Morgan fingerprint density at radius 1 is 1.20 bits per heavy atom. The van der Waals surface area contributed by atoms with Crippen LogP contribution in [0.25, 0.3) is 0 Å². The first-order chi connectivity index (χ1) is 9.66. The number of hydroxylamine groups is 2. The summed E-state index contributed by atoms with van der Waals surface area (Å²) in [4.78, 5) is 44.4. The molecule has 0 saturated heterocycles. The average molecular weight is 288 g/mol. The number of fused-ring (bicyclic) bond motifs is 1. The van der Waals surface area contributed by atoms with Crippen LogP contribution in [0.5, 0.6) is 0 Å². The van der Waals surface area contributed by atoms with Crippen LogP contribution in [0.4, 0.5) is 0 Å². The van der Waals surface area contributed by atoms with Gasteiger partial charge < -0.3 is 4.84 Å². The maximum atomic E-state index is 12.0. The molecular weight excluding hydrogens is 280 g/mol. The van der Waals surface area contributed by atoms with Crippen LogP contribution in [0.15, 0.2) is 35.2 Å². The van der Waals surface area contributed by atoms with Crippen molar-refractivity contribution in [3.8, 4) is 0 Å². The lowest BCUT2D eigenvalue weighted by molar-refractivity contribution is -0.167. The van der Waals surface area contributed by atoms with Crippen LogP contribution in [0, 0.1) is 0 Å². The number of aromatic nitrogens is 1. The van der Waals surface area contributed by atoms with Gasteiger partial charge in [-0.05, 0) is 12.1 Å². The summed E-state index contributed by atoms with van der Waals surface area (Å²) in [5.74, 6) is -1.96. The molecule has 0 spiro atoms. The number of amides is 2. The minimum absolute atomic E-state index is 0.0864. The Labute approximate surface area is 117 Å². The van der Waals surface area contributed by atoms with E-state index in [4.69, 9.17) is 4.84 Å². The van der Waals surface area contributed by atoms with Gasteiger partial charge >= 0.3 is 5.97 Å². The number of nitrogens with zero attached hydrogens (tertiary/aromatic N) is 2. The summed E-state index contributed by atoms with van der Waals surface area (Å²) in [5.41, 5.74) is 2.60. The molecule has 0 N–H and O–H groups in total. The minimum atomic E-state index is -0.703. The molecule has 2 aromatic rings. The number of rotatable bonds is 3. The lowest BCUT2D eigenvalue weighted by atomic mass is 10.1. The van der Waals surface area contributed by atoms with E-state index >= 15 is 0 Å². The SMILES string of the molecule is O=C(Cc1cscn1)ON1C(=O)c2ccccc2C1=O. The Morgan fingerprint density at radius 3 is 2.40 bits per heavy atom. The molecular formula is C13H8N2O4S. The number of hydrogen-bond acceptors (Lipinski definition) is 6. The van der Waals surface area contributed by atoms with Gasteiger partial charge in [0.2, 0.25) is 0 Å². The quantitative estimate of drug-likeness (QED) is 0.799. The van der Waals surface area contributed by atoms with E-state index in [-0.39, 0.29) is 17.5 Å². The molecule has 1 aliphatic heterocycles. The van der Waals surface area contributed by atoms with Gasteiger partial charge in [-0.15, -0.1) is 11.3 Å². The van der Waals surface area contributed by atoms with Gasteiger partial charge in [-0.1, -0.05) is 17.2 Å². The molecule has 20 heavy (non-hydrogen) atoms. The Hall–Kier alpha value is -2.54. The summed E-state index contributed by atoms with van der Waals surface area (Å²) in [5, 5.41) is 2.20. The number of benzene rings is 1. The summed E-state index contributed by atoms with van der Waals surface area (Å²) in [7, 11) is 0. The highest BCUT2D eigenvalue weighted by atomic mass is 32.1. The molecule has 0 unspecified atom stereocenters. The second-order valence-corrected chi connectivity index (χ2v) is 4.79. The van der Waals surface area contributed by atoms with Crippen molar-refractivity contribution >= 4 is 29.1 Å². The molecule has 0 bridgehead atoms. The predicted octanol–water partition coefficient (Wildman–Crippen LogP) is 1.44. The van der Waals surface area contributed by atoms with Gasteiger partial charge in [0.05, 0.1) is 28.8 Å². The number of carbonyl (C=O) groups excluding carboxylic acids is 3. The van der Waals surface area contributed by atoms with Crippen LogP contribution in [-0.2, 0) is 16.1 Å². The van der Waals surface area contributed by atoms with Crippen LogP contribution in [-0.4, -0.2) is 27.8 Å². The van der Waals surface area contributed by atoms with Crippen LogP contribution in [0.1, 0.15) is 26.4 Å². The van der Waals surface area contributed by atoms with E-state index in [2.05, 4.69) is 4.98 Å². The zero-order valence-electron chi connectivity index (χ0n) is 10.1. The third kappa shape index (κ3) is 2.08. The molecule has 0 fully saturated rings. The monoisotopic (exact) mass is 288 g/mol. The van der Waals surface area contributed by atoms with E-state index in [1.165, 1.54) is 23.5 Å². The Bertz CT molecular complexity index is 661. The topological polar surface area (TPSA) is 76.6 Å². The fourth-order valence-corrected chi connectivity index (χ4v) is 2.42. The third-order valence-electron chi connectivity index (χ3n) is 2.76. The van der Waals surface area contributed by atoms with E-state index in [0.29, 0.717) is 10.8 Å². The van der Waals surface area contributed by atoms with Crippen LogP contribution in [0.2, 0.25) is 0 Å². The molecule has 0 radical (unpaired) electrons. The zero-order chi connectivity index (χ0) is 14.1. The van der Waals surface area contributed by atoms with Gasteiger partial charge in [0.1, 0.15) is 0 Å². The van der Waals surface area contributed by atoms with Gasteiger partial charge in [-0.25, -0.2) is 9.78 Å². The molecule has 0 saturated carbocycles. The van der Waals surface area contributed by atoms with Crippen molar-refractivity contribution in [2.75, 3.05) is 0 Å². The third-order valence-corrected chi connectivity index (χ3v) is 3.39. The molecule has 3 rings (SSSR count). The summed E-state index contributed by atoms with van der Waals surface area (Å²) >= 11 is 1.35. The summed E-state index contributed by atoms with van der Waals surface area (Å²) in [6.07, 6.45) is -0.0864. The molecule has 2 amide bonds. The smallest absolute Gasteiger partial charge is 0.329 e. The van der Waals surface area contributed by atoms with Crippen LogP contribution >= 0.6 is 11.3 Å². The average Bonchev–Trinajstić information content (AvgIpc) is 3.03. The summed E-state index contributed by atoms with van der Waals surface area (Å²) in [6, 6.07) is 6.32. The zero-order valence-corrected chi connectivity index (χ0v) is 10.9. The highest BCUT2D eigenvalue weighted by Crippen LogP contribution is 2.22. The van der Waals surface area contributed by atoms with E-state index in [0.717, 1.165) is 0 Å². The van der Waals surface area contributed by atoms with E-state index < -0.39 is 17.8 Å². The molecule has 0 atom stereocenters. The second kappa shape index (κ2) is 4.86. The Balaban J connectivity index is 1.75. The van der Waals surface area contributed by atoms with Crippen molar-refractivity contribution in [2.45, 2.75) is 6.42 Å². The van der Waals surface area contributed by atoms with Gasteiger partial charge in [0.25, 0.3) is 11.8 Å². The fourth-order valence-electron chi connectivity index (χ4n) is 1.86. The fraction of sp³-hybridized carbons (Fsp3) is 0.0769. The van der Waals surface area contributed by atoms with E-state index in [9.17, 15) is 14.4 Å². The minimum Gasteiger partial charge on any atom is -0.329 e. The molecule has 1 aromatic carbocycles. The predicted molar refractivity (Wildman–Crippen MR) is 68.9 cm³/mol. The molecule has 100 valence electrons. The molecule has 7 heteroatoms. The first kappa shape index (κ1) is 12.5. The summed E-state index contributed by atoms with van der Waals surface area (Å²) < 4.78 is 0. The number of thiazole rings is 1. The van der Waals surface area contributed by atoms with Gasteiger partial charge in [-0.3, -0.25) is 9.59 Å². The van der Waals surface area contributed by atoms with E-state index in [1.807, 2.05) is 0 Å². The largest absolute Gasteiger partial charge is 0.339 e. The molecule has 0 aliphatic carbocycles. The number of carbonyl (C=O) groups is 3. The number of imide groups is 1. The standard InChI is InChI=1S/C13H8N2O4S/c16-11(5-8-6-20-7-14-8)19-15-12(17)9-3-1-2-4-10(9)13(15)18/h1-4,6-7H,5H2. The van der Waals surface area contributed by atoms with Gasteiger partial charge in [0.15, 0.2) is 0 Å². The lowest BCUT2D eigenvalue weighted by Crippen LogP contribution is -2.33. The van der Waals surface area contributed by atoms with Crippen LogP contribution in [0.3, 0.4) is 0 Å². The van der Waals surface area contributed by atoms with Crippen molar-refractivity contribution in [3.05, 3.63) is 52.0 Å². The Morgan fingerprint density at radius 2 is 1.85 bits per heavy atom. The van der Waals surface area contributed by atoms with Gasteiger partial charge in [-0.2, -0.15) is 0 Å². The molecule has 1 aliphatic rings. The highest BCUT2D eigenvalue weighted by Gasteiger charge is 2.38. The molecule has 2 heterocycles. The van der Waals surface area contributed by atoms with Crippen molar-refractivity contribution in [1.29, 1.82) is 0 Å². The van der Waals surface area contributed by atoms with E-state index in [1.54, 1.807) is 23.0 Å². The first-order valence-corrected chi connectivity index (χ1v) is 6.67. The normalized spacial score (nSPS) is 13.5. The van der Waals surface area contributed by atoms with Gasteiger partial charge in [0, 0.05) is 5.38 Å². The van der Waals surface area contributed by atoms with Crippen molar-refractivity contribution in [2.24, 2.45) is 0 Å². The highest BCUT2D eigenvalue weighted by molar-refractivity contribution is 7.07.